The first kappa shape index (κ1) is 14.9. The van der Waals surface area contributed by atoms with Crippen LogP contribution in [0.3, 0.4) is 0 Å². The Morgan fingerprint density at radius 1 is 1.60 bits per heavy atom. The third-order valence-electron chi connectivity index (χ3n) is 3.90. The second kappa shape index (κ2) is 6.28. The van der Waals surface area contributed by atoms with E-state index in [2.05, 4.69) is 0 Å². The van der Waals surface area contributed by atoms with E-state index in [1.54, 1.807) is 6.92 Å². The average Bonchev–Trinajstić information content (AvgIpc) is 2.41. The van der Waals surface area contributed by atoms with Crippen LogP contribution in [0.5, 0.6) is 0 Å². The van der Waals surface area contributed by atoms with Gasteiger partial charge in [-0.05, 0) is 38.3 Å². The quantitative estimate of drug-likeness (QED) is 0.680. The van der Waals surface area contributed by atoms with Crippen LogP contribution in [0, 0.1) is 21.8 Å². The van der Waals surface area contributed by atoms with Crippen molar-refractivity contribution in [2.75, 3.05) is 13.1 Å². The van der Waals surface area contributed by atoms with E-state index in [1.807, 2.05) is 4.90 Å². The number of aliphatic hydroxyl groups is 1. The topological polar surface area (TPSA) is 66.6 Å². The fourth-order valence-corrected chi connectivity index (χ4v) is 2.73. The van der Waals surface area contributed by atoms with E-state index in [4.69, 9.17) is 0 Å². The molecule has 2 unspecified atom stereocenters. The molecule has 110 valence electrons. The normalized spacial score (nSPS) is 21.6. The lowest BCUT2D eigenvalue weighted by Gasteiger charge is -2.34. The van der Waals surface area contributed by atoms with E-state index in [0.717, 1.165) is 19.4 Å². The fourth-order valence-electron chi connectivity index (χ4n) is 2.73. The molecule has 1 saturated heterocycles. The highest BCUT2D eigenvalue weighted by atomic mass is 19.1. The summed E-state index contributed by atoms with van der Waals surface area (Å²) in [6.07, 6.45) is 1.44. The molecule has 0 aliphatic carbocycles. The Kier molecular flexibility index (Phi) is 4.67. The van der Waals surface area contributed by atoms with Crippen LogP contribution in [-0.4, -0.2) is 34.1 Å². The summed E-state index contributed by atoms with van der Waals surface area (Å²) in [7, 11) is 0. The average molecular weight is 282 g/mol. The molecule has 6 heteroatoms. The van der Waals surface area contributed by atoms with E-state index in [1.165, 1.54) is 18.2 Å². The van der Waals surface area contributed by atoms with E-state index < -0.39 is 16.8 Å². The number of likely N-dealkylation sites (tertiary alicyclic amines) is 1. The van der Waals surface area contributed by atoms with Crippen molar-refractivity contribution in [1.82, 2.24) is 4.90 Å². The minimum Gasteiger partial charge on any atom is -0.393 e. The van der Waals surface area contributed by atoms with Crippen molar-refractivity contribution in [3.63, 3.8) is 0 Å². The van der Waals surface area contributed by atoms with Crippen molar-refractivity contribution < 1.29 is 14.4 Å². The Morgan fingerprint density at radius 3 is 3.00 bits per heavy atom. The molecule has 0 saturated carbocycles. The minimum absolute atomic E-state index is 0.128. The van der Waals surface area contributed by atoms with Gasteiger partial charge in [-0.2, -0.15) is 0 Å². The van der Waals surface area contributed by atoms with Crippen LogP contribution in [0.1, 0.15) is 25.3 Å². The number of nitrogens with zero attached hydrogens (tertiary/aromatic N) is 2. The van der Waals surface area contributed by atoms with Crippen LogP contribution in [0.15, 0.2) is 18.2 Å². The third-order valence-corrected chi connectivity index (χ3v) is 3.90. The Bertz CT molecular complexity index is 493. The molecule has 0 amide bonds. The molecule has 1 N–H and O–H groups in total. The Morgan fingerprint density at radius 2 is 2.35 bits per heavy atom. The maximum Gasteiger partial charge on any atom is 0.276 e. The number of halogens is 1. The summed E-state index contributed by atoms with van der Waals surface area (Å²) in [5.74, 6) is -0.395. The van der Waals surface area contributed by atoms with Crippen LogP contribution >= 0.6 is 0 Å². The highest BCUT2D eigenvalue weighted by Crippen LogP contribution is 2.26. The first-order chi connectivity index (χ1) is 9.49. The van der Waals surface area contributed by atoms with Gasteiger partial charge in [-0.25, -0.2) is 4.39 Å². The zero-order chi connectivity index (χ0) is 14.7. The maximum absolute atomic E-state index is 13.8. The molecule has 0 spiro atoms. The number of nitro groups is 1. The van der Waals surface area contributed by atoms with Gasteiger partial charge in [0.05, 0.1) is 16.6 Å². The molecular formula is C14H19FN2O3. The molecule has 1 aliphatic heterocycles. The predicted molar refractivity (Wildman–Crippen MR) is 72.7 cm³/mol. The van der Waals surface area contributed by atoms with Gasteiger partial charge in [0.2, 0.25) is 0 Å². The van der Waals surface area contributed by atoms with E-state index in [0.29, 0.717) is 6.54 Å². The van der Waals surface area contributed by atoms with Gasteiger partial charge in [0.1, 0.15) is 5.82 Å². The molecule has 1 aliphatic rings. The van der Waals surface area contributed by atoms with Crippen molar-refractivity contribution in [3.8, 4) is 0 Å². The molecular weight excluding hydrogens is 263 g/mol. The zero-order valence-electron chi connectivity index (χ0n) is 11.5. The molecule has 0 aromatic heterocycles. The summed E-state index contributed by atoms with van der Waals surface area (Å²) in [5.41, 5.74) is -0.0482. The van der Waals surface area contributed by atoms with Crippen molar-refractivity contribution in [2.24, 2.45) is 5.92 Å². The van der Waals surface area contributed by atoms with E-state index >= 15 is 0 Å². The van der Waals surface area contributed by atoms with Crippen molar-refractivity contribution in [3.05, 3.63) is 39.7 Å². The Labute approximate surface area is 117 Å². The predicted octanol–water partition coefficient (Wildman–Crippen LogP) is 2.33. The summed E-state index contributed by atoms with van der Waals surface area (Å²) in [5, 5.41) is 20.6. The number of hydrogen-bond acceptors (Lipinski definition) is 4. The van der Waals surface area contributed by atoms with Gasteiger partial charge < -0.3 is 5.11 Å². The first-order valence-corrected chi connectivity index (χ1v) is 6.81. The van der Waals surface area contributed by atoms with Crippen LogP contribution in [0.25, 0.3) is 0 Å². The lowest BCUT2D eigenvalue weighted by atomic mass is 9.93. The summed E-state index contributed by atoms with van der Waals surface area (Å²) in [6.45, 7) is 3.38. The van der Waals surface area contributed by atoms with Crippen LogP contribution in [0.2, 0.25) is 0 Å². The summed E-state index contributed by atoms with van der Waals surface area (Å²) in [4.78, 5) is 12.4. The van der Waals surface area contributed by atoms with E-state index in [9.17, 15) is 19.6 Å². The molecule has 1 heterocycles. The molecule has 2 rings (SSSR count). The molecule has 5 nitrogen and oxygen atoms in total. The summed E-state index contributed by atoms with van der Waals surface area (Å²) < 4.78 is 13.8. The second-order valence-electron chi connectivity index (χ2n) is 5.37. The van der Waals surface area contributed by atoms with Crippen LogP contribution in [0.4, 0.5) is 10.1 Å². The molecule has 1 aromatic rings. The number of piperidine rings is 1. The Balaban J connectivity index is 2.15. The first-order valence-electron chi connectivity index (χ1n) is 6.81. The highest BCUT2D eigenvalue weighted by Gasteiger charge is 2.26. The smallest absolute Gasteiger partial charge is 0.276 e. The van der Waals surface area contributed by atoms with Gasteiger partial charge >= 0.3 is 0 Å². The number of aliphatic hydroxyl groups excluding tert-OH is 1. The number of nitro benzene ring substituents is 1. The molecule has 1 aromatic carbocycles. The van der Waals surface area contributed by atoms with Gasteiger partial charge in [0.25, 0.3) is 5.69 Å². The van der Waals surface area contributed by atoms with Gasteiger partial charge in [0.15, 0.2) is 0 Å². The standard InChI is InChI=1S/C14H19FN2O3/c1-10(18)11-4-3-7-16(8-11)9-12-13(15)5-2-6-14(12)17(19)20/h2,5-6,10-11,18H,3-4,7-9H2,1H3. The molecule has 2 atom stereocenters. The molecule has 1 fully saturated rings. The Hall–Kier alpha value is -1.53. The SMILES string of the molecule is CC(O)C1CCCN(Cc2c(F)cccc2[N+](=O)[O-])C1. The zero-order valence-corrected chi connectivity index (χ0v) is 11.5. The summed E-state index contributed by atoms with van der Waals surface area (Å²) in [6, 6.07) is 3.93. The lowest BCUT2D eigenvalue weighted by molar-refractivity contribution is -0.386. The summed E-state index contributed by atoms with van der Waals surface area (Å²) >= 11 is 0. The molecule has 20 heavy (non-hydrogen) atoms. The second-order valence-corrected chi connectivity index (χ2v) is 5.37. The molecule has 0 bridgehead atoms. The fraction of sp³-hybridized carbons (Fsp3) is 0.571. The van der Waals surface area contributed by atoms with Gasteiger partial charge in [-0.1, -0.05) is 6.07 Å². The molecule has 0 radical (unpaired) electrons. The van der Waals surface area contributed by atoms with Crippen molar-refractivity contribution in [2.45, 2.75) is 32.4 Å². The van der Waals surface area contributed by atoms with Gasteiger partial charge in [-0.15, -0.1) is 0 Å². The van der Waals surface area contributed by atoms with Crippen molar-refractivity contribution in [1.29, 1.82) is 0 Å². The van der Waals surface area contributed by atoms with Crippen LogP contribution in [-0.2, 0) is 6.54 Å². The third kappa shape index (κ3) is 3.32. The maximum atomic E-state index is 13.8. The van der Waals surface area contributed by atoms with Gasteiger partial charge in [0, 0.05) is 19.2 Å². The highest BCUT2D eigenvalue weighted by molar-refractivity contribution is 5.40. The number of benzene rings is 1. The minimum atomic E-state index is -0.547. The van der Waals surface area contributed by atoms with Crippen LogP contribution < -0.4 is 0 Å². The van der Waals surface area contributed by atoms with Gasteiger partial charge in [-0.3, -0.25) is 15.0 Å². The lowest BCUT2D eigenvalue weighted by Crippen LogP contribution is -2.39. The monoisotopic (exact) mass is 282 g/mol. The number of hydrogen-bond donors (Lipinski definition) is 1. The van der Waals surface area contributed by atoms with Crippen molar-refractivity contribution >= 4 is 5.69 Å². The van der Waals surface area contributed by atoms with E-state index in [-0.39, 0.29) is 23.7 Å². The largest absolute Gasteiger partial charge is 0.393 e. The number of rotatable bonds is 4.